The molecule has 0 radical (unpaired) electrons. The van der Waals surface area contributed by atoms with Crippen LogP contribution in [-0.4, -0.2) is 29.2 Å². The number of hydrogen-bond donors (Lipinski definition) is 0. The number of Topliss-reactive ketones (excluding diaryl/α,β-unsaturated/α-hetero) is 1. The van der Waals surface area contributed by atoms with E-state index in [4.69, 9.17) is 0 Å². The molecule has 3 heteroatoms. The van der Waals surface area contributed by atoms with E-state index < -0.39 is 0 Å². The largest absolute Gasteiger partial charge is 0.339 e. The van der Waals surface area contributed by atoms with Gasteiger partial charge in [-0.3, -0.25) is 9.59 Å². The van der Waals surface area contributed by atoms with Crippen LogP contribution >= 0.6 is 0 Å². The van der Waals surface area contributed by atoms with E-state index >= 15 is 0 Å². The number of benzene rings is 1. The van der Waals surface area contributed by atoms with Crippen molar-refractivity contribution in [2.75, 3.05) is 6.54 Å². The molecule has 1 aromatic carbocycles. The first-order valence-electron chi connectivity index (χ1n) is 8.12. The molecular weight excluding hydrogens is 262 g/mol. The molecule has 0 aromatic heterocycles. The summed E-state index contributed by atoms with van der Waals surface area (Å²) in [5, 5.41) is 0. The maximum absolute atomic E-state index is 12.5. The zero-order valence-electron chi connectivity index (χ0n) is 12.5. The molecule has 1 heterocycles. The van der Waals surface area contributed by atoms with Gasteiger partial charge in [-0.05, 0) is 37.7 Å². The molecule has 2 unspecified atom stereocenters. The van der Waals surface area contributed by atoms with Gasteiger partial charge in [-0.1, -0.05) is 30.3 Å². The van der Waals surface area contributed by atoms with Crippen LogP contribution in [0.25, 0.3) is 0 Å². The Labute approximate surface area is 126 Å². The summed E-state index contributed by atoms with van der Waals surface area (Å²) < 4.78 is 0. The highest BCUT2D eigenvalue weighted by Gasteiger charge is 2.39. The predicted octanol–water partition coefficient (Wildman–Crippen LogP) is 2.98. The van der Waals surface area contributed by atoms with Crippen molar-refractivity contribution in [3.05, 3.63) is 35.9 Å². The van der Waals surface area contributed by atoms with Gasteiger partial charge in [0.25, 0.3) is 0 Å². The number of ketones is 1. The third kappa shape index (κ3) is 3.17. The topological polar surface area (TPSA) is 37.4 Å². The fraction of sp³-hybridized carbons (Fsp3) is 0.556. The van der Waals surface area contributed by atoms with Gasteiger partial charge in [0.2, 0.25) is 5.91 Å². The van der Waals surface area contributed by atoms with Crippen molar-refractivity contribution >= 4 is 11.7 Å². The molecule has 3 nitrogen and oxygen atoms in total. The number of aryl methyl sites for hydroxylation is 1. The number of amides is 1. The Kier molecular flexibility index (Phi) is 4.37. The van der Waals surface area contributed by atoms with Crippen LogP contribution in [0.1, 0.15) is 44.1 Å². The van der Waals surface area contributed by atoms with E-state index in [2.05, 4.69) is 12.1 Å². The van der Waals surface area contributed by atoms with Gasteiger partial charge in [0, 0.05) is 31.3 Å². The lowest BCUT2D eigenvalue weighted by Crippen LogP contribution is -2.41. The number of nitrogens with zero attached hydrogens (tertiary/aromatic N) is 1. The summed E-state index contributed by atoms with van der Waals surface area (Å²) in [5.74, 6) is 0.719. The average molecular weight is 285 g/mol. The average Bonchev–Trinajstić information content (AvgIpc) is 3.14. The van der Waals surface area contributed by atoms with E-state index in [1.165, 1.54) is 5.56 Å². The summed E-state index contributed by atoms with van der Waals surface area (Å²) in [7, 11) is 0. The highest BCUT2D eigenvalue weighted by molar-refractivity contribution is 5.85. The molecule has 1 amide bonds. The van der Waals surface area contributed by atoms with Crippen LogP contribution in [0.3, 0.4) is 0 Å². The van der Waals surface area contributed by atoms with Gasteiger partial charge in [0.15, 0.2) is 0 Å². The van der Waals surface area contributed by atoms with Gasteiger partial charge in [0.1, 0.15) is 5.78 Å². The summed E-state index contributed by atoms with van der Waals surface area (Å²) in [6.45, 7) is 0.835. The molecule has 0 bridgehead atoms. The number of carbonyl (C=O) groups is 2. The molecule has 2 atom stereocenters. The molecular formula is C18H23NO2. The molecule has 1 aliphatic carbocycles. The molecule has 1 aliphatic heterocycles. The minimum Gasteiger partial charge on any atom is -0.339 e. The maximum Gasteiger partial charge on any atom is 0.223 e. The number of hydrogen-bond acceptors (Lipinski definition) is 2. The van der Waals surface area contributed by atoms with Gasteiger partial charge in [-0.2, -0.15) is 0 Å². The molecule has 112 valence electrons. The van der Waals surface area contributed by atoms with Crippen LogP contribution in [-0.2, 0) is 16.0 Å². The second-order valence-electron chi connectivity index (χ2n) is 6.25. The molecule has 21 heavy (non-hydrogen) atoms. The third-order valence-electron chi connectivity index (χ3n) is 4.91. The highest BCUT2D eigenvalue weighted by Crippen LogP contribution is 2.33. The predicted molar refractivity (Wildman–Crippen MR) is 81.8 cm³/mol. The van der Waals surface area contributed by atoms with E-state index in [1.807, 2.05) is 23.1 Å². The smallest absolute Gasteiger partial charge is 0.223 e. The first kappa shape index (κ1) is 14.3. The summed E-state index contributed by atoms with van der Waals surface area (Å²) in [4.78, 5) is 26.5. The van der Waals surface area contributed by atoms with E-state index in [9.17, 15) is 9.59 Å². The Morgan fingerprint density at radius 2 is 1.95 bits per heavy atom. The Hall–Kier alpha value is -1.64. The van der Waals surface area contributed by atoms with E-state index in [1.54, 1.807) is 0 Å². The molecule has 2 fully saturated rings. The lowest BCUT2D eigenvalue weighted by atomic mass is 9.95. The summed E-state index contributed by atoms with van der Waals surface area (Å²) in [6.07, 6.45) is 6.10. The molecule has 2 aliphatic rings. The minimum atomic E-state index is 0.119. The lowest BCUT2D eigenvalue weighted by molar-refractivity contribution is -0.134. The molecule has 3 rings (SSSR count). The van der Waals surface area contributed by atoms with E-state index in [0.717, 1.165) is 38.6 Å². The van der Waals surface area contributed by atoms with Crippen LogP contribution in [0.4, 0.5) is 0 Å². The Bertz CT molecular complexity index is 511. The maximum atomic E-state index is 12.5. The monoisotopic (exact) mass is 285 g/mol. The number of rotatable bonds is 4. The van der Waals surface area contributed by atoms with Crippen LogP contribution in [0.15, 0.2) is 30.3 Å². The van der Waals surface area contributed by atoms with Crippen molar-refractivity contribution in [2.24, 2.45) is 5.92 Å². The molecule has 1 saturated heterocycles. The second kappa shape index (κ2) is 6.42. The fourth-order valence-corrected chi connectivity index (χ4v) is 3.81. The molecule has 0 spiro atoms. The van der Waals surface area contributed by atoms with Crippen molar-refractivity contribution in [1.82, 2.24) is 4.90 Å². The van der Waals surface area contributed by atoms with Crippen LogP contribution in [0.2, 0.25) is 0 Å². The summed E-state index contributed by atoms with van der Waals surface area (Å²) in [5.41, 5.74) is 1.21. The quantitative estimate of drug-likeness (QED) is 0.853. The normalized spacial score (nSPS) is 25.5. The molecule has 1 saturated carbocycles. The first-order valence-corrected chi connectivity index (χ1v) is 8.12. The van der Waals surface area contributed by atoms with E-state index in [0.29, 0.717) is 18.6 Å². The zero-order valence-corrected chi connectivity index (χ0v) is 12.5. The SMILES string of the molecule is O=C1CCCC1C1CCCN1C(=O)CCc1ccccc1. The van der Waals surface area contributed by atoms with Crippen LogP contribution in [0, 0.1) is 5.92 Å². The van der Waals surface area contributed by atoms with E-state index in [-0.39, 0.29) is 17.9 Å². The van der Waals surface area contributed by atoms with Crippen molar-refractivity contribution in [1.29, 1.82) is 0 Å². The summed E-state index contributed by atoms with van der Waals surface area (Å²) >= 11 is 0. The van der Waals surface area contributed by atoms with Gasteiger partial charge < -0.3 is 4.90 Å². The van der Waals surface area contributed by atoms with Crippen molar-refractivity contribution in [3.63, 3.8) is 0 Å². The number of likely N-dealkylation sites (tertiary alicyclic amines) is 1. The van der Waals surface area contributed by atoms with Crippen LogP contribution in [0.5, 0.6) is 0 Å². The third-order valence-corrected chi connectivity index (χ3v) is 4.91. The van der Waals surface area contributed by atoms with Gasteiger partial charge in [0.05, 0.1) is 0 Å². The van der Waals surface area contributed by atoms with Crippen LogP contribution < -0.4 is 0 Å². The highest BCUT2D eigenvalue weighted by atomic mass is 16.2. The Balaban J connectivity index is 1.59. The molecule has 0 N–H and O–H groups in total. The molecule has 1 aromatic rings. The fourth-order valence-electron chi connectivity index (χ4n) is 3.81. The zero-order chi connectivity index (χ0) is 14.7. The minimum absolute atomic E-state index is 0.119. The van der Waals surface area contributed by atoms with Gasteiger partial charge >= 0.3 is 0 Å². The summed E-state index contributed by atoms with van der Waals surface area (Å²) in [6, 6.07) is 10.3. The number of carbonyl (C=O) groups excluding carboxylic acids is 2. The second-order valence-corrected chi connectivity index (χ2v) is 6.25. The Morgan fingerprint density at radius 3 is 2.67 bits per heavy atom. The first-order chi connectivity index (χ1) is 10.3. The Morgan fingerprint density at radius 1 is 1.14 bits per heavy atom. The van der Waals surface area contributed by atoms with Crippen molar-refractivity contribution < 1.29 is 9.59 Å². The van der Waals surface area contributed by atoms with Gasteiger partial charge in [-0.15, -0.1) is 0 Å². The van der Waals surface area contributed by atoms with Gasteiger partial charge in [-0.25, -0.2) is 0 Å². The van der Waals surface area contributed by atoms with Crippen molar-refractivity contribution in [2.45, 2.75) is 51.0 Å². The lowest BCUT2D eigenvalue weighted by Gasteiger charge is -2.28. The standard InChI is InChI=1S/C18H23NO2/c20-17-10-4-8-15(17)16-9-5-13-19(16)18(21)12-11-14-6-2-1-3-7-14/h1-3,6-7,15-16H,4-5,8-13H2. The van der Waals surface area contributed by atoms with Crippen molar-refractivity contribution in [3.8, 4) is 0 Å².